The molecule has 0 spiro atoms. The number of methoxy groups -OCH3 is 1. The molecule has 1 atom stereocenters. The third-order valence-corrected chi connectivity index (χ3v) is 3.94. The molecule has 0 aliphatic rings. The molecule has 0 amide bonds. The minimum absolute atomic E-state index is 0.0568. The highest BCUT2D eigenvalue weighted by atomic mass is 79.9. The first-order valence-corrected chi connectivity index (χ1v) is 7.56. The fourth-order valence-electron chi connectivity index (χ4n) is 2.17. The zero-order valence-electron chi connectivity index (χ0n) is 11.1. The summed E-state index contributed by atoms with van der Waals surface area (Å²) in [4.78, 5) is 0. The first-order valence-electron chi connectivity index (χ1n) is 6.02. The molecule has 0 aromatic heterocycles. The smallest absolute Gasteiger partial charge is 0.124 e. The van der Waals surface area contributed by atoms with E-state index >= 15 is 0 Å². The molecule has 5 heteroatoms. The van der Waals surface area contributed by atoms with Crippen molar-refractivity contribution >= 4 is 39.1 Å². The Morgan fingerprint density at radius 2 is 1.75 bits per heavy atom. The topological polar surface area (TPSA) is 21.3 Å². The Labute approximate surface area is 137 Å². The Hall–Kier alpha value is -0.740. The van der Waals surface area contributed by atoms with Crippen LogP contribution in [0.5, 0.6) is 5.75 Å². The summed E-state index contributed by atoms with van der Waals surface area (Å²) in [5, 5.41) is 4.50. The molecule has 0 aliphatic heterocycles. The molecule has 20 heavy (non-hydrogen) atoms. The Morgan fingerprint density at radius 1 is 1.10 bits per heavy atom. The monoisotopic (exact) mass is 373 g/mol. The second kappa shape index (κ2) is 6.81. The van der Waals surface area contributed by atoms with Gasteiger partial charge < -0.3 is 10.1 Å². The molecule has 2 aromatic rings. The first kappa shape index (κ1) is 15.6. The Morgan fingerprint density at radius 3 is 2.30 bits per heavy atom. The number of rotatable bonds is 4. The van der Waals surface area contributed by atoms with Crippen molar-refractivity contribution in [2.24, 2.45) is 0 Å². The maximum atomic E-state index is 6.09. The molecule has 2 rings (SSSR count). The van der Waals surface area contributed by atoms with E-state index in [9.17, 15) is 0 Å². The van der Waals surface area contributed by atoms with Crippen LogP contribution in [0, 0.1) is 0 Å². The van der Waals surface area contributed by atoms with E-state index in [2.05, 4.69) is 21.2 Å². The lowest BCUT2D eigenvalue weighted by atomic mass is 9.98. The van der Waals surface area contributed by atoms with Crippen LogP contribution in [0.25, 0.3) is 0 Å². The number of benzene rings is 2. The fraction of sp³-hybridized carbons (Fsp3) is 0.200. The summed E-state index contributed by atoms with van der Waals surface area (Å²) in [5.74, 6) is 0.809. The van der Waals surface area contributed by atoms with E-state index in [1.165, 1.54) is 0 Å². The van der Waals surface area contributed by atoms with Gasteiger partial charge in [0.15, 0.2) is 0 Å². The van der Waals surface area contributed by atoms with Crippen LogP contribution in [0.4, 0.5) is 0 Å². The summed E-state index contributed by atoms with van der Waals surface area (Å²) in [5.41, 5.74) is 2.00. The van der Waals surface area contributed by atoms with Crippen LogP contribution in [0.1, 0.15) is 17.2 Å². The van der Waals surface area contributed by atoms with E-state index in [0.29, 0.717) is 10.0 Å². The van der Waals surface area contributed by atoms with Crippen molar-refractivity contribution in [3.05, 3.63) is 62.0 Å². The Bertz CT molecular complexity index is 599. The quantitative estimate of drug-likeness (QED) is 0.806. The van der Waals surface area contributed by atoms with E-state index in [0.717, 1.165) is 21.3 Å². The number of nitrogens with one attached hydrogen (secondary N) is 1. The molecule has 1 unspecified atom stereocenters. The maximum Gasteiger partial charge on any atom is 0.124 e. The van der Waals surface area contributed by atoms with E-state index in [1.807, 2.05) is 37.4 Å². The molecule has 0 fully saturated rings. The van der Waals surface area contributed by atoms with Gasteiger partial charge in [-0.3, -0.25) is 0 Å². The molecular formula is C15H14BrCl2NO. The van der Waals surface area contributed by atoms with Crippen molar-refractivity contribution < 1.29 is 4.74 Å². The summed E-state index contributed by atoms with van der Waals surface area (Å²) >= 11 is 15.7. The molecule has 0 radical (unpaired) electrons. The van der Waals surface area contributed by atoms with Gasteiger partial charge in [0.25, 0.3) is 0 Å². The fourth-order valence-corrected chi connectivity index (χ4v) is 3.10. The van der Waals surface area contributed by atoms with Gasteiger partial charge in [-0.25, -0.2) is 0 Å². The molecule has 0 bridgehead atoms. The van der Waals surface area contributed by atoms with Crippen molar-refractivity contribution in [1.29, 1.82) is 0 Å². The average Bonchev–Trinajstić information content (AvgIpc) is 2.39. The van der Waals surface area contributed by atoms with Gasteiger partial charge in [-0.15, -0.1) is 0 Å². The van der Waals surface area contributed by atoms with Gasteiger partial charge in [0, 0.05) is 20.1 Å². The van der Waals surface area contributed by atoms with Gasteiger partial charge in [0.2, 0.25) is 0 Å². The number of hydrogen-bond donors (Lipinski definition) is 1. The molecule has 2 nitrogen and oxygen atoms in total. The number of ether oxygens (including phenoxy) is 1. The number of halogens is 3. The number of hydrogen-bond acceptors (Lipinski definition) is 2. The van der Waals surface area contributed by atoms with Gasteiger partial charge in [0.05, 0.1) is 13.2 Å². The minimum atomic E-state index is -0.0568. The zero-order chi connectivity index (χ0) is 14.7. The molecular weight excluding hydrogens is 361 g/mol. The largest absolute Gasteiger partial charge is 0.496 e. The summed E-state index contributed by atoms with van der Waals surface area (Å²) in [6.45, 7) is 0. The van der Waals surface area contributed by atoms with Crippen LogP contribution in [0.3, 0.4) is 0 Å². The van der Waals surface area contributed by atoms with E-state index < -0.39 is 0 Å². The third-order valence-electron chi connectivity index (χ3n) is 3.01. The van der Waals surface area contributed by atoms with Crippen molar-refractivity contribution in [2.45, 2.75) is 6.04 Å². The van der Waals surface area contributed by atoms with Crippen LogP contribution in [-0.2, 0) is 0 Å². The molecule has 2 aromatic carbocycles. The van der Waals surface area contributed by atoms with Crippen LogP contribution in [0.15, 0.2) is 40.9 Å². The Balaban J connectivity index is 2.54. The van der Waals surface area contributed by atoms with Crippen LogP contribution < -0.4 is 10.1 Å². The second-order valence-corrected chi connectivity index (χ2v) is 6.10. The van der Waals surface area contributed by atoms with E-state index in [-0.39, 0.29) is 6.04 Å². The van der Waals surface area contributed by atoms with Crippen molar-refractivity contribution in [2.75, 3.05) is 14.2 Å². The highest BCUT2D eigenvalue weighted by molar-refractivity contribution is 9.10. The lowest BCUT2D eigenvalue weighted by Gasteiger charge is -2.20. The zero-order valence-corrected chi connectivity index (χ0v) is 14.2. The highest BCUT2D eigenvalue weighted by Gasteiger charge is 2.18. The average molecular weight is 375 g/mol. The normalized spacial score (nSPS) is 12.2. The first-order chi connectivity index (χ1) is 9.55. The molecule has 0 heterocycles. The highest BCUT2D eigenvalue weighted by Crippen LogP contribution is 2.34. The SMILES string of the molecule is CNC(c1cc(Cl)cc(Cl)c1)c1cc(Br)ccc1OC. The summed E-state index contributed by atoms with van der Waals surface area (Å²) in [6.07, 6.45) is 0. The lowest BCUT2D eigenvalue weighted by molar-refractivity contribution is 0.405. The molecule has 1 N–H and O–H groups in total. The second-order valence-electron chi connectivity index (χ2n) is 4.31. The molecule has 106 valence electrons. The minimum Gasteiger partial charge on any atom is -0.496 e. The van der Waals surface area contributed by atoms with Gasteiger partial charge in [0.1, 0.15) is 5.75 Å². The summed E-state index contributed by atoms with van der Waals surface area (Å²) in [6, 6.07) is 11.4. The predicted molar refractivity (Wildman–Crippen MR) is 88.1 cm³/mol. The molecule has 0 saturated carbocycles. The Kier molecular flexibility index (Phi) is 5.33. The van der Waals surface area contributed by atoms with Crippen LogP contribution in [-0.4, -0.2) is 14.2 Å². The molecule has 0 aliphatic carbocycles. The summed E-state index contributed by atoms with van der Waals surface area (Å²) < 4.78 is 6.43. The standard InChI is InChI=1S/C15H14BrCl2NO/c1-19-15(9-5-11(17)8-12(18)6-9)13-7-10(16)3-4-14(13)20-2/h3-8,15,19H,1-2H3. The van der Waals surface area contributed by atoms with Crippen LogP contribution >= 0.6 is 39.1 Å². The lowest BCUT2D eigenvalue weighted by Crippen LogP contribution is -2.18. The van der Waals surface area contributed by atoms with Crippen molar-refractivity contribution in [3.63, 3.8) is 0 Å². The third kappa shape index (κ3) is 3.47. The summed E-state index contributed by atoms with van der Waals surface area (Å²) in [7, 11) is 3.55. The van der Waals surface area contributed by atoms with Crippen molar-refractivity contribution in [3.8, 4) is 5.75 Å². The van der Waals surface area contributed by atoms with Crippen molar-refractivity contribution in [1.82, 2.24) is 5.32 Å². The van der Waals surface area contributed by atoms with E-state index in [1.54, 1.807) is 13.2 Å². The van der Waals surface area contributed by atoms with Crippen LogP contribution in [0.2, 0.25) is 10.0 Å². The van der Waals surface area contributed by atoms with Gasteiger partial charge in [-0.1, -0.05) is 39.1 Å². The van der Waals surface area contributed by atoms with Gasteiger partial charge >= 0.3 is 0 Å². The van der Waals surface area contributed by atoms with E-state index in [4.69, 9.17) is 27.9 Å². The van der Waals surface area contributed by atoms with Gasteiger partial charge in [-0.05, 0) is 49.0 Å². The predicted octanol–water partition coefficient (Wildman–Crippen LogP) is 5.07. The molecule has 0 saturated heterocycles. The van der Waals surface area contributed by atoms with Gasteiger partial charge in [-0.2, -0.15) is 0 Å². The maximum absolute atomic E-state index is 6.09.